The molecule has 24 heavy (non-hydrogen) atoms. The van der Waals surface area contributed by atoms with Crippen molar-refractivity contribution in [1.29, 1.82) is 0 Å². The predicted octanol–water partition coefficient (Wildman–Crippen LogP) is 3.88. The van der Waals surface area contributed by atoms with Gasteiger partial charge in [0.15, 0.2) is 0 Å². The maximum Gasteiger partial charge on any atom is 0.324 e. The van der Waals surface area contributed by atoms with E-state index >= 15 is 0 Å². The van der Waals surface area contributed by atoms with E-state index in [2.05, 4.69) is 37.7 Å². The predicted molar refractivity (Wildman–Crippen MR) is 101 cm³/mol. The zero-order valence-corrected chi connectivity index (χ0v) is 14.7. The number of alkyl halides is 1. The molecule has 0 saturated heterocycles. The van der Waals surface area contributed by atoms with Gasteiger partial charge in [-0.3, -0.25) is 5.32 Å². The summed E-state index contributed by atoms with van der Waals surface area (Å²) in [6, 6.07) is 9.74. The molecule has 2 rings (SSSR count). The molecular formula is C17H20FN4OP. The summed E-state index contributed by atoms with van der Waals surface area (Å²) in [4.78, 5) is 15.9. The largest absolute Gasteiger partial charge is 0.384 e. The number of amides is 2. The van der Waals surface area contributed by atoms with Gasteiger partial charge in [-0.25, -0.2) is 14.2 Å². The Morgan fingerprint density at radius 3 is 2.38 bits per heavy atom. The van der Waals surface area contributed by atoms with E-state index in [0.717, 1.165) is 5.56 Å². The molecule has 1 aromatic heterocycles. The molecule has 4 N–H and O–H groups in total. The minimum Gasteiger partial charge on any atom is -0.384 e. The van der Waals surface area contributed by atoms with Gasteiger partial charge in [0.1, 0.15) is 17.0 Å². The van der Waals surface area contributed by atoms with E-state index in [4.69, 9.17) is 5.73 Å². The first-order chi connectivity index (χ1) is 11.2. The molecule has 1 heterocycles. The Morgan fingerprint density at radius 2 is 1.83 bits per heavy atom. The highest BCUT2D eigenvalue weighted by atomic mass is 31.0. The van der Waals surface area contributed by atoms with Crippen LogP contribution >= 0.6 is 9.24 Å². The maximum absolute atomic E-state index is 14.0. The molecular weight excluding hydrogens is 326 g/mol. The molecule has 2 amide bonds. The normalized spacial score (nSPS) is 12.2. The summed E-state index contributed by atoms with van der Waals surface area (Å²) in [5, 5.41) is 3.55. The van der Waals surface area contributed by atoms with Crippen molar-refractivity contribution in [3.8, 4) is 12.8 Å². The number of nitrogens with zero attached hydrogens (tertiary/aromatic N) is 1. The lowest BCUT2D eigenvalue weighted by Crippen LogP contribution is -2.21. The van der Waals surface area contributed by atoms with Gasteiger partial charge in [0.25, 0.3) is 0 Å². The fourth-order valence-electron chi connectivity index (χ4n) is 1.81. The first-order valence-corrected chi connectivity index (χ1v) is 7.55. The number of nitrogens with two attached hydrogens (primary N) is 1. The fourth-order valence-corrected chi connectivity index (χ4v) is 1.98. The summed E-state index contributed by atoms with van der Waals surface area (Å²) in [5.74, 6) is 0.320. The van der Waals surface area contributed by atoms with Crippen molar-refractivity contribution in [2.75, 3.05) is 16.4 Å². The van der Waals surface area contributed by atoms with Crippen LogP contribution in [0, 0.1) is 19.8 Å². The van der Waals surface area contributed by atoms with E-state index in [1.165, 1.54) is 19.1 Å². The van der Waals surface area contributed by atoms with Gasteiger partial charge in [-0.1, -0.05) is 26.9 Å². The van der Waals surface area contributed by atoms with Crippen LogP contribution in [0.4, 0.5) is 26.5 Å². The molecule has 5 nitrogen and oxygen atoms in total. The summed E-state index contributed by atoms with van der Waals surface area (Å²) < 4.78 is 14.0. The number of terminal acetylenes is 1. The molecule has 0 aliphatic rings. The number of carbonyl (C=O) groups is 1. The summed E-state index contributed by atoms with van der Waals surface area (Å²) in [6.45, 7) is 3.33. The van der Waals surface area contributed by atoms with Crippen molar-refractivity contribution in [2.24, 2.45) is 0 Å². The van der Waals surface area contributed by atoms with Crippen molar-refractivity contribution in [2.45, 2.75) is 19.3 Å². The van der Waals surface area contributed by atoms with Crippen LogP contribution in [0.1, 0.15) is 18.1 Å². The topological polar surface area (TPSA) is 80.0 Å². The van der Waals surface area contributed by atoms with Gasteiger partial charge in [-0.15, -0.1) is 12.8 Å². The second kappa shape index (κ2) is 8.28. The average molecular weight is 346 g/mol. The molecule has 1 aromatic carbocycles. The lowest BCUT2D eigenvalue weighted by atomic mass is 10.1. The highest BCUT2D eigenvalue weighted by molar-refractivity contribution is 7.18. The molecule has 0 saturated carbocycles. The number of halogens is 1. The number of carbonyl (C=O) groups excluding carboxylic acids is 1. The summed E-state index contributed by atoms with van der Waals surface area (Å²) in [5.41, 5.74) is 7.70. The molecule has 2 aromatic rings. The van der Waals surface area contributed by atoms with E-state index in [9.17, 15) is 9.18 Å². The van der Waals surface area contributed by atoms with Crippen LogP contribution in [0.2, 0.25) is 0 Å². The molecule has 0 aliphatic carbocycles. The SMILES string of the molecule is C#C.Cc1ccc(NC(=O)Nc2cc(C(C)(F)P)cc(N)n2)cc1. The molecule has 0 aliphatic heterocycles. The van der Waals surface area contributed by atoms with Crippen molar-refractivity contribution < 1.29 is 9.18 Å². The van der Waals surface area contributed by atoms with E-state index < -0.39 is 11.4 Å². The Hall–Kier alpha value is -2.64. The van der Waals surface area contributed by atoms with Gasteiger partial charge in [-0.05, 0) is 43.7 Å². The number of rotatable bonds is 3. The minimum atomic E-state index is -1.65. The van der Waals surface area contributed by atoms with Gasteiger partial charge in [0, 0.05) is 5.69 Å². The van der Waals surface area contributed by atoms with Crippen LogP contribution in [0.15, 0.2) is 36.4 Å². The summed E-state index contributed by atoms with van der Waals surface area (Å²) >= 11 is 0. The Labute approximate surface area is 143 Å². The van der Waals surface area contributed by atoms with Crippen LogP contribution < -0.4 is 16.4 Å². The molecule has 0 spiro atoms. The third kappa shape index (κ3) is 5.86. The first kappa shape index (κ1) is 19.4. The number of anilines is 3. The van der Waals surface area contributed by atoms with Gasteiger partial charge in [0.05, 0.1) is 0 Å². The molecule has 126 valence electrons. The third-order valence-corrected chi connectivity index (χ3v) is 3.29. The number of urea groups is 1. The lowest BCUT2D eigenvalue weighted by molar-refractivity contribution is 0.262. The van der Waals surface area contributed by atoms with Gasteiger partial charge < -0.3 is 11.1 Å². The standard InChI is InChI=1S/C15H18FN4OP.C2H2/c1-9-3-5-11(6-4-9)18-14(21)20-13-8-10(15(2,16)22)7-12(17)19-13;1-2/h3-8H,22H2,1-2H3,(H4,17,18,19,20,21);1-2H. The number of pyridine rings is 1. The van der Waals surface area contributed by atoms with E-state index in [0.29, 0.717) is 11.3 Å². The monoisotopic (exact) mass is 346 g/mol. The molecule has 2 atom stereocenters. The van der Waals surface area contributed by atoms with E-state index in [1.807, 2.05) is 19.1 Å². The zero-order chi connectivity index (χ0) is 18.3. The quantitative estimate of drug-likeness (QED) is 0.583. The Kier molecular flexibility index (Phi) is 6.69. The Bertz CT molecular complexity index is 724. The van der Waals surface area contributed by atoms with Crippen molar-refractivity contribution in [1.82, 2.24) is 4.98 Å². The van der Waals surface area contributed by atoms with Crippen LogP contribution in [-0.2, 0) is 5.41 Å². The Morgan fingerprint density at radius 1 is 1.25 bits per heavy atom. The number of hydrogen-bond acceptors (Lipinski definition) is 3. The summed E-state index contributed by atoms with van der Waals surface area (Å²) in [6.07, 6.45) is 8.00. The first-order valence-electron chi connectivity index (χ1n) is 6.98. The number of nitrogen functional groups attached to an aromatic ring is 1. The molecule has 0 fully saturated rings. The highest BCUT2D eigenvalue weighted by Gasteiger charge is 2.20. The fraction of sp³-hybridized carbons (Fsp3) is 0.176. The molecule has 2 unspecified atom stereocenters. The van der Waals surface area contributed by atoms with Crippen molar-refractivity contribution in [3.05, 3.63) is 47.5 Å². The van der Waals surface area contributed by atoms with Crippen LogP contribution in [0.5, 0.6) is 0 Å². The van der Waals surface area contributed by atoms with Crippen LogP contribution in [-0.4, -0.2) is 11.0 Å². The van der Waals surface area contributed by atoms with Gasteiger partial charge in [-0.2, -0.15) is 0 Å². The smallest absolute Gasteiger partial charge is 0.324 e. The van der Waals surface area contributed by atoms with Crippen molar-refractivity contribution in [3.63, 3.8) is 0 Å². The number of hydrogen-bond donors (Lipinski definition) is 3. The molecule has 7 heteroatoms. The highest BCUT2D eigenvalue weighted by Crippen LogP contribution is 2.34. The maximum atomic E-state index is 14.0. The minimum absolute atomic E-state index is 0.134. The number of nitrogens with one attached hydrogen (secondary N) is 2. The van der Waals surface area contributed by atoms with Crippen LogP contribution in [0.3, 0.4) is 0 Å². The van der Waals surface area contributed by atoms with Gasteiger partial charge in [0.2, 0.25) is 0 Å². The second-order valence-electron chi connectivity index (χ2n) is 5.19. The zero-order valence-electron chi connectivity index (χ0n) is 13.5. The Balaban J connectivity index is 0.00000139. The number of aryl methyl sites for hydroxylation is 1. The number of benzene rings is 1. The average Bonchev–Trinajstić information content (AvgIpc) is 2.50. The van der Waals surface area contributed by atoms with E-state index in [-0.39, 0.29) is 11.6 Å². The number of aromatic nitrogens is 1. The molecule has 0 radical (unpaired) electrons. The summed E-state index contributed by atoms with van der Waals surface area (Å²) in [7, 11) is 2.08. The van der Waals surface area contributed by atoms with Gasteiger partial charge >= 0.3 is 6.03 Å². The third-order valence-electron chi connectivity index (χ3n) is 2.96. The second-order valence-corrected chi connectivity index (χ2v) is 6.27. The lowest BCUT2D eigenvalue weighted by Gasteiger charge is -2.16. The van der Waals surface area contributed by atoms with Crippen molar-refractivity contribution >= 4 is 32.6 Å². The molecule has 0 bridgehead atoms. The van der Waals surface area contributed by atoms with E-state index in [1.54, 1.807) is 12.1 Å². The van der Waals surface area contributed by atoms with Crippen LogP contribution in [0.25, 0.3) is 0 Å².